The zero-order valence-electron chi connectivity index (χ0n) is 20.9. The predicted octanol–water partition coefficient (Wildman–Crippen LogP) is 4.31. The minimum absolute atomic E-state index is 0.0105. The van der Waals surface area contributed by atoms with Crippen LogP contribution in [0.3, 0.4) is 0 Å². The van der Waals surface area contributed by atoms with Crippen LogP contribution in [0.15, 0.2) is 83.8 Å². The number of piperazine rings is 1. The molecule has 8 nitrogen and oxygen atoms in total. The number of benzene rings is 3. The lowest BCUT2D eigenvalue weighted by Crippen LogP contribution is -2.49. The van der Waals surface area contributed by atoms with Crippen molar-refractivity contribution < 1.29 is 13.2 Å². The van der Waals surface area contributed by atoms with E-state index in [1.54, 1.807) is 6.07 Å². The average molecular weight is 598 g/mol. The molecular formula is C27H27N5O3S4. The first-order valence-corrected chi connectivity index (χ1v) is 16.0. The third kappa shape index (κ3) is 6.83. The summed E-state index contributed by atoms with van der Waals surface area (Å²) >= 11 is 8.19. The number of sulfonamides is 1. The van der Waals surface area contributed by atoms with Crippen LogP contribution in [-0.2, 0) is 14.8 Å². The van der Waals surface area contributed by atoms with Crippen LogP contribution in [0.2, 0.25) is 0 Å². The van der Waals surface area contributed by atoms with Gasteiger partial charge in [0.2, 0.25) is 15.9 Å². The van der Waals surface area contributed by atoms with Crippen molar-refractivity contribution in [3.63, 3.8) is 0 Å². The van der Waals surface area contributed by atoms with Crippen molar-refractivity contribution >= 4 is 70.9 Å². The quantitative estimate of drug-likeness (QED) is 0.304. The third-order valence-electron chi connectivity index (χ3n) is 6.43. The molecule has 0 unspecified atom stereocenters. The fourth-order valence-corrected chi connectivity index (χ4v) is 7.14. The fourth-order valence-electron chi connectivity index (χ4n) is 4.56. The molecule has 39 heavy (non-hydrogen) atoms. The number of hydrogen-bond acceptors (Lipinski definition) is 8. The molecule has 0 aliphatic carbocycles. The van der Waals surface area contributed by atoms with Gasteiger partial charge in [0, 0.05) is 26.2 Å². The maximum atomic E-state index is 12.6. The second-order valence-electron chi connectivity index (χ2n) is 9.04. The number of anilines is 1. The van der Waals surface area contributed by atoms with Crippen LogP contribution >= 0.6 is 35.3 Å². The van der Waals surface area contributed by atoms with Crippen molar-refractivity contribution in [3.05, 3.63) is 90.0 Å². The van der Waals surface area contributed by atoms with Crippen LogP contribution < -0.4 is 10.5 Å². The van der Waals surface area contributed by atoms with E-state index in [1.807, 2.05) is 12.1 Å². The number of thioether (sulfide) groups is 1. The molecule has 0 bridgehead atoms. The number of thiazole rings is 1. The Bertz CT molecular complexity index is 1530. The molecule has 0 atom stereocenters. The van der Waals surface area contributed by atoms with Crippen LogP contribution in [-0.4, -0.2) is 65.4 Å². The van der Waals surface area contributed by atoms with Gasteiger partial charge in [0.25, 0.3) is 0 Å². The molecule has 0 spiro atoms. The summed E-state index contributed by atoms with van der Waals surface area (Å²) in [6.07, 6.45) is 0. The van der Waals surface area contributed by atoms with E-state index in [0.29, 0.717) is 19.7 Å². The number of hydrogen-bond donors (Lipinski definition) is 2. The van der Waals surface area contributed by atoms with E-state index in [0.717, 1.165) is 26.2 Å². The number of aromatic nitrogens is 1. The maximum absolute atomic E-state index is 12.6. The van der Waals surface area contributed by atoms with Gasteiger partial charge in [-0.2, -0.15) is 0 Å². The molecule has 4 aromatic rings. The van der Waals surface area contributed by atoms with Crippen LogP contribution in [0.5, 0.6) is 0 Å². The highest BCUT2D eigenvalue weighted by Crippen LogP contribution is 2.30. The Labute approximate surface area is 241 Å². The lowest BCUT2D eigenvalue weighted by molar-refractivity contribution is -0.113. The molecule has 0 saturated carbocycles. The number of rotatable bonds is 7. The van der Waals surface area contributed by atoms with E-state index in [2.05, 4.69) is 68.6 Å². The van der Waals surface area contributed by atoms with Crippen LogP contribution in [0.4, 0.5) is 5.13 Å². The van der Waals surface area contributed by atoms with E-state index in [9.17, 15) is 13.2 Å². The standard InChI is InChI=1S/C27H27N5O3S4/c28-39(34,35)21-11-12-22-23(17-21)38-26(29-22)30-24(33)18-37-27(36)32-15-13-31(14-16-32)25(19-7-3-1-4-8-19)20-9-5-2-6-10-20/h1-12,17,25H,13-16,18H2,(H2,28,34,35)(H,29,30,33). The van der Waals surface area contributed by atoms with Gasteiger partial charge in [-0.15, -0.1) is 0 Å². The Morgan fingerprint density at radius 1 is 1.00 bits per heavy atom. The van der Waals surface area contributed by atoms with E-state index >= 15 is 0 Å². The molecule has 202 valence electrons. The maximum Gasteiger partial charge on any atom is 0.238 e. The zero-order valence-corrected chi connectivity index (χ0v) is 24.2. The van der Waals surface area contributed by atoms with Crippen molar-refractivity contribution in [1.82, 2.24) is 14.8 Å². The molecule has 1 aliphatic rings. The van der Waals surface area contributed by atoms with E-state index < -0.39 is 10.0 Å². The number of nitrogens with zero attached hydrogens (tertiary/aromatic N) is 3. The normalized spacial score (nSPS) is 14.6. The molecule has 0 radical (unpaired) electrons. The molecule has 1 aromatic heterocycles. The van der Waals surface area contributed by atoms with Gasteiger partial charge in [0.1, 0.15) is 4.32 Å². The first-order valence-electron chi connectivity index (χ1n) is 12.3. The number of carbonyl (C=O) groups is 1. The lowest BCUT2D eigenvalue weighted by Gasteiger charge is -2.40. The fraction of sp³-hybridized carbons (Fsp3) is 0.222. The van der Waals surface area contributed by atoms with Crippen molar-refractivity contribution in [3.8, 4) is 0 Å². The molecule has 1 amide bonds. The van der Waals surface area contributed by atoms with Gasteiger partial charge in [-0.3, -0.25) is 9.69 Å². The summed E-state index contributed by atoms with van der Waals surface area (Å²) < 4.78 is 24.5. The van der Waals surface area contributed by atoms with E-state index in [4.69, 9.17) is 17.4 Å². The number of nitrogens with two attached hydrogens (primary N) is 1. The summed E-state index contributed by atoms with van der Waals surface area (Å²) in [5.74, 6) is -0.0615. The summed E-state index contributed by atoms with van der Waals surface area (Å²) in [6, 6.07) is 25.7. The van der Waals surface area contributed by atoms with Crippen molar-refractivity contribution in [2.45, 2.75) is 10.9 Å². The molecule has 12 heteroatoms. The number of fused-ring (bicyclic) bond motifs is 1. The van der Waals surface area contributed by atoms with Gasteiger partial charge in [-0.05, 0) is 29.3 Å². The van der Waals surface area contributed by atoms with Crippen molar-refractivity contribution in [1.29, 1.82) is 0 Å². The van der Waals surface area contributed by atoms with Crippen molar-refractivity contribution in [2.75, 3.05) is 37.2 Å². The van der Waals surface area contributed by atoms with Crippen LogP contribution in [0, 0.1) is 0 Å². The summed E-state index contributed by atoms with van der Waals surface area (Å²) in [4.78, 5) is 21.6. The number of thiocarbonyl (C=S) groups is 1. The second kappa shape index (κ2) is 12.1. The monoisotopic (exact) mass is 597 g/mol. The molecule has 1 aliphatic heterocycles. The Balaban J connectivity index is 1.15. The Morgan fingerprint density at radius 3 is 2.21 bits per heavy atom. The highest BCUT2D eigenvalue weighted by Gasteiger charge is 2.27. The molecule has 3 N–H and O–H groups in total. The molecule has 3 aromatic carbocycles. The topological polar surface area (TPSA) is 109 Å². The smallest absolute Gasteiger partial charge is 0.238 e. The average Bonchev–Trinajstić information content (AvgIpc) is 3.34. The Hall–Kier alpha value is -2.87. The lowest BCUT2D eigenvalue weighted by atomic mass is 9.96. The second-order valence-corrected chi connectivity index (χ2v) is 13.2. The van der Waals surface area contributed by atoms with Gasteiger partial charge in [0.05, 0.1) is 26.9 Å². The minimum Gasteiger partial charge on any atom is -0.355 e. The Morgan fingerprint density at radius 2 is 1.62 bits per heavy atom. The van der Waals surface area contributed by atoms with E-state index in [1.165, 1.54) is 46.4 Å². The molecule has 1 fully saturated rings. The van der Waals surface area contributed by atoms with Gasteiger partial charge in [-0.25, -0.2) is 18.5 Å². The number of primary sulfonamides is 1. The first-order chi connectivity index (χ1) is 18.8. The number of amides is 1. The van der Waals surface area contributed by atoms with Gasteiger partial charge in [-0.1, -0.05) is 96.0 Å². The summed E-state index contributed by atoms with van der Waals surface area (Å²) in [5, 5.41) is 8.39. The number of carbonyl (C=O) groups excluding carboxylic acids is 1. The van der Waals surface area contributed by atoms with Gasteiger partial charge < -0.3 is 10.2 Å². The van der Waals surface area contributed by atoms with Crippen molar-refractivity contribution in [2.24, 2.45) is 5.14 Å². The zero-order chi connectivity index (χ0) is 27.4. The SMILES string of the molecule is NS(=O)(=O)c1ccc2nc(NC(=O)CSC(=S)N3CCN(C(c4ccccc4)c4ccccc4)CC3)sc2c1. The van der Waals surface area contributed by atoms with Gasteiger partial charge in [0.15, 0.2) is 5.13 Å². The summed E-state index contributed by atoms with van der Waals surface area (Å²) in [7, 11) is -3.81. The first kappa shape index (κ1) is 27.7. The largest absolute Gasteiger partial charge is 0.355 e. The highest BCUT2D eigenvalue weighted by atomic mass is 32.2. The third-order valence-corrected chi connectivity index (χ3v) is 9.80. The van der Waals surface area contributed by atoms with Crippen LogP contribution in [0.1, 0.15) is 17.2 Å². The predicted molar refractivity (Wildman–Crippen MR) is 163 cm³/mol. The summed E-state index contributed by atoms with van der Waals surface area (Å²) in [6.45, 7) is 3.28. The molecule has 1 saturated heterocycles. The molecule has 2 heterocycles. The van der Waals surface area contributed by atoms with Crippen LogP contribution in [0.25, 0.3) is 10.2 Å². The highest BCUT2D eigenvalue weighted by molar-refractivity contribution is 8.23. The number of nitrogens with one attached hydrogen (secondary N) is 1. The Kier molecular flexibility index (Phi) is 8.60. The molecule has 5 rings (SSSR count). The minimum atomic E-state index is -3.81. The van der Waals surface area contributed by atoms with E-state index in [-0.39, 0.29) is 22.6 Å². The van der Waals surface area contributed by atoms with Gasteiger partial charge >= 0.3 is 0 Å². The molecular weight excluding hydrogens is 571 g/mol. The summed E-state index contributed by atoms with van der Waals surface area (Å²) in [5.41, 5.74) is 3.12.